The Labute approximate surface area is 131 Å². The number of carboxylic acid groups (broad SMARTS) is 1. The highest BCUT2D eigenvalue weighted by atomic mass is 16.5. The zero-order chi connectivity index (χ0) is 15.9. The monoisotopic (exact) mass is 305 g/mol. The molecule has 0 spiro atoms. The zero-order valence-electron chi connectivity index (χ0n) is 13.2. The summed E-state index contributed by atoms with van der Waals surface area (Å²) in [5, 5.41) is 8.73. The van der Waals surface area contributed by atoms with E-state index in [4.69, 9.17) is 14.6 Å². The first kappa shape index (κ1) is 16.4. The number of carbonyl (C=O) groups is 1. The maximum absolute atomic E-state index is 10.6. The molecule has 1 aliphatic heterocycles. The number of aliphatic carboxylic acids is 1. The summed E-state index contributed by atoms with van der Waals surface area (Å²) < 4.78 is 10.9. The van der Waals surface area contributed by atoms with Gasteiger partial charge in [-0.05, 0) is 36.6 Å². The molecule has 0 aromatic heterocycles. The number of benzene rings is 1. The van der Waals surface area contributed by atoms with Crippen LogP contribution in [0.3, 0.4) is 0 Å². The zero-order valence-corrected chi connectivity index (χ0v) is 13.2. The predicted molar refractivity (Wildman–Crippen MR) is 85.4 cm³/mol. The van der Waals surface area contributed by atoms with E-state index in [2.05, 4.69) is 11.0 Å². The van der Waals surface area contributed by atoms with E-state index in [9.17, 15) is 4.79 Å². The fourth-order valence-electron chi connectivity index (χ4n) is 2.57. The van der Waals surface area contributed by atoms with Crippen LogP contribution in [0, 0.1) is 0 Å². The first-order chi connectivity index (χ1) is 10.6. The average molecular weight is 305 g/mol. The van der Waals surface area contributed by atoms with Crippen molar-refractivity contribution in [1.82, 2.24) is 4.90 Å². The van der Waals surface area contributed by atoms with Gasteiger partial charge in [-0.15, -0.1) is 0 Å². The molecule has 0 radical (unpaired) electrons. The molecule has 1 aromatic carbocycles. The van der Waals surface area contributed by atoms with Crippen LogP contribution in [-0.4, -0.2) is 49.3 Å². The highest BCUT2D eigenvalue weighted by Gasteiger charge is 2.15. The normalized spacial score (nSPS) is 15.3. The first-order valence-corrected chi connectivity index (χ1v) is 7.58. The summed E-state index contributed by atoms with van der Waals surface area (Å²) in [5.41, 5.74) is 2.41. The number of ether oxygens (including phenoxy) is 2. The highest BCUT2D eigenvalue weighted by molar-refractivity contribution is 5.69. The van der Waals surface area contributed by atoms with Crippen LogP contribution in [0.2, 0.25) is 0 Å². The first-order valence-electron chi connectivity index (χ1n) is 7.58. The van der Waals surface area contributed by atoms with Gasteiger partial charge in [-0.3, -0.25) is 9.69 Å². The average Bonchev–Trinajstić information content (AvgIpc) is 2.54. The van der Waals surface area contributed by atoms with Crippen LogP contribution < -0.4 is 9.47 Å². The predicted octanol–water partition coefficient (Wildman–Crippen LogP) is 2.66. The third-order valence-corrected chi connectivity index (χ3v) is 3.77. The molecule has 0 unspecified atom stereocenters. The molecule has 0 saturated carbocycles. The lowest BCUT2D eigenvalue weighted by Crippen LogP contribution is -2.30. The summed E-state index contributed by atoms with van der Waals surface area (Å²) in [6, 6.07) is 5.99. The van der Waals surface area contributed by atoms with Crippen LogP contribution >= 0.6 is 0 Å². The number of rotatable bonds is 7. The largest absolute Gasteiger partial charge is 0.493 e. The molecule has 120 valence electrons. The Bertz CT molecular complexity index is 554. The van der Waals surface area contributed by atoms with E-state index in [1.165, 1.54) is 5.57 Å². The Hall–Kier alpha value is -2.01. The summed E-state index contributed by atoms with van der Waals surface area (Å²) in [6.07, 6.45) is 3.28. The molecule has 0 fully saturated rings. The topological polar surface area (TPSA) is 59.0 Å². The molecule has 1 heterocycles. The van der Waals surface area contributed by atoms with Gasteiger partial charge in [0.1, 0.15) is 0 Å². The van der Waals surface area contributed by atoms with Crippen molar-refractivity contribution in [2.75, 3.05) is 33.4 Å². The molecule has 1 N–H and O–H groups in total. The molecule has 0 saturated heterocycles. The Morgan fingerprint density at radius 2 is 2.18 bits per heavy atom. The summed E-state index contributed by atoms with van der Waals surface area (Å²) >= 11 is 0. The Balaban J connectivity index is 2.05. The van der Waals surface area contributed by atoms with Crippen LogP contribution in [0.25, 0.3) is 5.57 Å². The van der Waals surface area contributed by atoms with Crippen molar-refractivity contribution in [2.45, 2.75) is 19.8 Å². The molecule has 0 amide bonds. The Kier molecular flexibility index (Phi) is 5.83. The van der Waals surface area contributed by atoms with Crippen LogP contribution in [-0.2, 0) is 4.79 Å². The van der Waals surface area contributed by atoms with Gasteiger partial charge in [-0.1, -0.05) is 12.1 Å². The molecular formula is C17H23NO4. The van der Waals surface area contributed by atoms with E-state index in [1.54, 1.807) is 7.11 Å². The van der Waals surface area contributed by atoms with E-state index in [0.717, 1.165) is 36.6 Å². The molecular weight excluding hydrogens is 282 g/mol. The van der Waals surface area contributed by atoms with E-state index in [0.29, 0.717) is 13.2 Å². The summed E-state index contributed by atoms with van der Waals surface area (Å²) in [4.78, 5) is 12.8. The van der Waals surface area contributed by atoms with Gasteiger partial charge in [0.05, 0.1) is 20.1 Å². The van der Waals surface area contributed by atoms with Crippen LogP contribution in [0.4, 0.5) is 0 Å². The van der Waals surface area contributed by atoms with E-state index >= 15 is 0 Å². The van der Waals surface area contributed by atoms with Gasteiger partial charge in [0.25, 0.3) is 0 Å². The number of hydrogen-bond acceptors (Lipinski definition) is 4. The fourth-order valence-corrected chi connectivity index (χ4v) is 2.57. The standard InChI is InChI=1S/C17H23NO4/c1-3-22-15-5-4-14(12-16(15)21-2)13-6-9-18(10-7-13)11-8-17(19)20/h4-6,12H,3,7-11H2,1-2H3,(H,19,20). The van der Waals surface area contributed by atoms with Gasteiger partial charge in [0.15, 0.2) is 11.5 Å². The second kappa shape index (κ2) is 7.84. The Morgan fingerprint density at radius 1 is 1.36 bits per heavy atom. The number of carboxylic acids is 1. The van der Waals surface area contributed by atoms with E-state index in [1.807, 2.05) is 25.1 Å². The second-order valence-electron chi connectivity index (χ2n) is 5.22. The molecule has 1 aliphatic rings. The van der Waals surface area contributed by atoms with Crippen LogP contribution in [0.5, 0.6) is 11.5 Å². The van der Waals surface area contributed by atoms with Crippen molar-refractivity contribution in [3.05, 3.63) is 29.8 Å². The molecule has 0 atom stereocenters. The SMILES string of the molecule is CCOc1ccc(C2=CCN(CCC(=O)O)CC2)cc1OC. The lowest BCUT2D eigenvalue weighted by atomic mass is 9.99. The lowest BCUT2D eigenvalue weighted by Gasteiger charge is -2.26. The van der Waals surface area contributed by atoms with Gasteiger partial charge in [-0.25, -0.2) is 0 Å². The third kappa shape index (κ3) is 4.24. The lowest BCUT2D eigenvalue weighted by molar-refractivity contribution is -0.137. The van der Waals surface area contributed by atoms with Gasteiger partial charge in [0.2, 0.25) is 0 Å². The van der Waals surface area contributed by atoms with Gasteiger partial charge >= 0.3 is 5.97 Å². The molecule has 0 aliphatic carbocycles. The van der Waals surface area contributed by atoms with Crippen molar-refractivity contribution in [3.63, 3.8) is 0 Å². The number of nitrogens with zero attached hydrogens (tertiary/aromatic N) is 1. The van der Waals surface area contributed by atoms with Crippen molar-refractivity contribution in [1.29, 1.82) is 0 Å². The summed E-state index contributed by atoms with van der Waals surface area (Å²) in [5.74, 6) is 0.757. The Morgan fingerprint density at radius 3 is 2.77 bits per heavy atom. The quantitative estimate of drug-likeness (QED) is 0.839. The molecule has 2 rings (SSSR count). The van der Waals surface area contributed by atoms with Crippen molar-refractivity contribution < 1.29 is 19.4 Å². The summed E-state index contributed by atoms with van der Waals surface area (Å²) in [7, 11) is 1.64. The van der Waals surface area contributed by atoms with E-state index < -0.39 is 5.97 Å². The minimum Gasteiger partial charge on any atom is -0.493 e. The maximum atomic E-state index is 10.6. The second-order valence-corrected chi connectivity index (χ2v) is 5.22. The molecule has 0 bridgehead atoms. The van der Waals surface area contributed by atoms with Crippen molar-refractivity contribution in [2.24, 2.45) is 0 Å². The number of hydrogen-bond donors (Lipinski definition) is 1. The summed E-state index contributed by atoms with van der Waals surface area (Å²) in [6.45, 7) is 4.83. The minimum absolute atomic E-state index is 0.194. The van der Waals surface area contributed by atoms with Crippen molar-refractivity contribution >= 4 is 11.5 Å². The van der Waals surface area contributed by atoms with Crippen LogP contribution in [0.1, 0.15) is 25.3 Å². The van der Waals surface area contributed by atoms with Crippen LogP contribution in [0.15, 0.2) is 24.3 Å². The highest BCUT2D eigenvalue weighted by Crippen LogP contribution is 2.32. The van der Waals surface area contributed by atoms with Crippen molar-refractivity contribution in [3.8, 4) is 11.5 Å². The number of methoxy groups -OCH3 is 1. The van der Waals surface area contributed by atoms with Gasteiger partial charge in [-0.2, -0.15) is 0 Å². The fraction of sp³-hybridized carbons (Fsp3) is 0.471. The maximum Gasteiger partial charge on any atom is 0.304 e. The van der Waals surface area contributed by atoms with Gasteiger partial charge < -0.3 is 14.6 Å². The molecule has 1 aromatic rings. The van der Waals surface area contributed by atoms with Gasteiger partial charge in [0, 0.05) is 19.6 Å². The smallest absolute Gasteiger partial charge is 0.304 e. The minimum atomic E-state index is -0.744. The van der Waals surface area contributed by atoms with E-state index in [-0.39, 0.29) is 6.42 Å². The third-order valence-electron chi connectivity index (χ3n) is 3.77. The molecule has 22 heavy (non-hydrogen) atoms. The molecule has 5 heteroatoms. The molecule has 5 nitrogen and oxygen atoms in total.